The van der Waals surface area contributed by atoms with E-state index in [0.717, 1.165) is 30.9 Å². The first-order valence-corrected chi connectivity index (χ1v) is 7.03. The Kier molecular flexibility index (Phi) is 5.18. The maximum absolute atomic E-state index is 5.36. The normalized spacial score (nSPS) is 11.0. The average Bonchev–Trinajstić information content (AvgIpc) is 2.86. The van der Waals surface area contributed by atoms with Gasteiger partial charge in [0.25, 0.3) is 0 Å². The first kappa shape index (κ1) is 14.6. The van der Waals surface area contributed by atoms with Gasteiger partial charge in [0, 0.05) is 23.9 Å². The Hall–Kier alpha value is -1.81. The van der Waals surface area contributed by atoms with Crippen molar-refractivity contribution in [3.05, 3.63) is 47.8 Å². The molecule has 2 rings (SSSR count). The van der Waals surface area contributed by atoms with Crippen molar-refractivity contribution < 1.29 is 4.74 Å². The Bertz CT molecular complexity index is 534. The first-order valence-electron chi connectivity index (χ1n) is 7.03. The fourth-order valence-electron chi connectivity index (χ4n) is 2.10. The molecule has 0 aliphatic heterocycles. The molecule has 4 nitrogen and oxygen atoms in total. The third kappa shape index (κ3) is 4.10. The lowest BCUT2D eigenvalue weighted by atomic mass is 10.2. The number of benzene rings is 1. The van der Waals surface area contributed by atoms with Crippen LogP contribution in [-0.4, -0.2) is 23.4 Å². The summed E-state index contributed by atoms with van der Waals surface area (Å²) in [6.07, 6.45) is 4.00. The third-order valence-corrected chi connectivity index (χ3v) is 3.09. The quantitative estimate of drug-likeness (QED) is 0.843. The van der Waals surface area contributed by atoms with Gasteiger partial charge in [-0.1, -0.05) is 32.0 Å². The Labute approximate surface area is 120 Å². The molecular formula is C16H23N3O. The van der Waals surface area contributed by atoms with E-state index in [0.29, 0.717) is 5.92 Å². The van der Waals surface area contributed by atoms with Gasteiger partial charge in [-0.05, 0) is 18.5 Å². The van der Waals surface area contributed by atoms with Crippen LogP contribution in [0, 0.1) is 5.92 Å². The molecule has 0 atom stereocenters. The summed E-state index contributed by atoms with van der Waals surface area (Å²) in [5, 5.41) is 7.83. The Morgan fingerprint density at radius 2 is 2.10 bits per heavy atom. The molecule has 0 bridgehead atoms. The summed E-state index contributed by atoms with van der Waals surface area (Å²) in [5.41, 5.74) is 2.35. The molecule has 0 saturated heterocycles. The van der Waals surface area contributed by atoms with Gasteiger partial charge < -0.3 is 10.1 Å². The van der Waals surface area contributed by atoms with Crippen LogP contribution < -0.4 is 10.1 Å². The minimum absolute atomic E-state index is 0.665. The number of nitrogens with zero attached hydrogens (tertiary/aromatic N) is 2. The summed E-state index contributed by atoms with van der Waals surface area (Å²) in [7, 11) is 1.70. The van der Waals surface area contributed by atoms with Gasteiger partial charge in [-0.3, -0.25) is 4.68 Å². The summed E-state index contributed by atoms with van der Waals surface area (Å²) >= 11 is 0. The van der Waals surface area contributed by atoms with Crippen molar-refractivity contribution in [3.8, 4) is 5.75 Å². The molecule has 0 unspecified atom stereocenters. The molecule has 0 amide bonds. The summed E-state index contributed by atoms with van der Waals surface area (Å²) < 4.78 is 7.31. The van der Waals surface area contributed by atoms with Crippen LogP contribution >= 0.6 is 0 Å². The van der Waals surface area contributed by atoms with Crippen LogP contribution in [0.5, 0.6) is 5.75 Å². The number of methoxy groups -OCH3 is 1. The molecule has 0 aliphatic carbocycles. The summed E-state index contributed by atoms with van der Waals surface area (Å²) in [4.78, 5) is 0. The Morgan fingerprint density at radius 1 is 1.30 bits per heavy atom. The number of rotatable bonds is 7. The fraction of sp³-hybridized carbons (Fsp3) is 0.438. The largest absolute Gasteiger partial charge is 0.496 e. The zero-order chi connectivity index (χ0) is 14.4. The van der Waals surface area contributed by atoms with Crippen molar-refractivity contribution in [2.24, 2.45) is 5.92 Å². The number of nitrogens with one attached hydrogen (secondary N) is 1. The highest BCUT2D eigenvalue weighted by molar-refractivity contribution is 5.33. The van der Waals surface area contributed by atoms with Gasteiger partial charge >= 0.3 is 0 Å². The maximum Gasteiger partial charge on any atom is 0.123 e. The molecule has 1 aromatic heterocycles. The highest BCUT2D eigenvalue weighted by atomic mass is 16.5. The van der Waals surface area contributed by atoms with E-state index in [-0.39, 0.29) is 0 Å². The minimum atomic E-state index is 0.665. The molecule has 1 heterocycles. The molecule has 0 saturated carbocycles. The number of hydrogen-bond acceptors (Lipinski definition) is 3. The van der Waals surface area contributed by atoms with Crippen molar-refractivity contribution in [1.82, 2.24) is 15.1 Å². The molecule has 4 heteroatoms. The molecule has 108 valence electrons. The number of ether oxygens (including phenoxy) is 1. The maximum atomic E-state index is 5.36. The van der Waals surface area contributed by atoms with Crippen LogP contribution in [0.15, 0.2) is 36.7 Å². The zero-order valence-corrected chi connectivity index (χ0v) is 12.5. The third-order valence-electron chi connectivity index (χ3n) is 3.09. The van der Waals surface area contributed by atoms with Gasteiger partial charge in [0.1, 0.15) is 5.75 Å². The molecule has 1 aromatic carbocycles. The molecule has 1 N–H and O–H groups in total. The lowest BCUT2D eigenvalue weighted by Crippen LogP contribution is -2.18. The van der Waals surface area contributed by atoms with Gasteiger partial charge in [-0.15, -0.1) is 0 Å². The minimum Gasteiger partial charge on any atom is -0.496 e. The predicted octanol–water partition coefficient (Wildman–Crippen LogP) is 2.69. The van der Waals surface area contributed by atoms with E-state index < -0.39 is 0 Å². The summed E-state index contributed by atoms with van der Waals surface area (Å²) in [5.74, 6) is 1.57. The average molecular weight is 273 g/mol. The van der Waals surface area contributed by atoms with Crippen molar-refractivity contribution in [3.63, 3.8) is 0 Å². The summed E-state index contributed by atoms with van der Waals surface area (Å²) in [6.45, 7) is 7.03. The van der Waals surface area contributed by atoms with Crippen LogP contribution in [-0.2, 0) is 13.1 Å². The van der Waals surface area contributed by atoms with Gasteiger partial charge in [0.2, 0.25) is 0 Å². The standard InChI is InChI=1S/C16H23N3O/c1-13(2)8-17-9-14-10-18-19(11-14)12-15-6-4-5-7-16(15)20-3/h4-7,10-11,13,17H,8-9,12H2,1-3H3. The second-order valence-electron chi connectivity index (χ2n) is 5.38. The van der Waals surface area contributed by atoms with Crippen LogP contribution in [0.3, 0.4) is 0 Å². The number of aromatic nitrogens is 2. The van der Waals surface area contributed by atoms with Crippen molar-refractivity contribution in [2.45, 2.75) is 26.9 Å². The molecule has 0 radical (unpaired) electrons. The monoisotopic (exact) mass is 273 g/mol. The Balaban J connectivity index is 1.95. The predicted molar refractivity (Wildman–Crippen MR) is 80.9 cm³/mol. The lowest BCUT2D eigenvalue weighted by molar-refractivity contribution is 0.407. The highest BCUT2D eigenvalue weighted by Gasteiger charge is 2.04. The molecular weight excluding hydrogens is 250 g/mol. The van der Waals surface area contributed by atoms with Crippen LogP contribution in [0.25, 0.3) is 0 Å². The highest BCUT2D eigenvalue weighted by Crippen LogP contribution is 2.18. The van der Waals surface area contributed by atoms with Gasteiger partial charge in [0.15, 0.2) is 0 Å². The van der Waals surface area contributed by atoms with Crippen LogP contribution in [0.4, 0.5) is 0 Å². The van der Waals surface area contributed by atoms with Crippen LogP contribution in [0.1, 0.15) is 25.0 Å². The lowest BCUT2D eigenvalue weighted by Gasteiger charge is -2.08. The van der Waals surface area contributed by atoms with E-state index in [1.807, 2.05) is 29.1 Å². The van der Waals surface area contributed by atoms with E-state index >= 15 is 0 Å². The molecule has 0 spiro atoms. The Morgan fingerprint density at radius 3 is 2.85 bits per heavy atom. The second kappa shape index (κ2) is 7.10. The van der Waals surface area contributed by atoms with Gasteiger partial charge in [-0.25, -0.2) is 0 Å². The van der Waals surface area contributed by atoms with E-state index in [4.69, 9.17) is 4.74 Å². The second-order valence-corrected chi connectivity index (χ2v) is 5.38. The van der Waals surface area contributed by atoms with Crippen molar-refractivity contribution >= 4 is 0 Å². The van der Waals surface area contributed by atoms with Crippen molar-refractivity contribution in [2.75, 3.05) is 13.7 Å². The van der Waals surface area contributed by atoms with Crippen molar-refractivity contribution in [1.29, 1.82) is 0 Å². The smallest absolute Gasteiger partial charge is 0.123 e. The fourth-order valence-corrected chi connectivity index (χ4v) is 2.10. The number of hydrogen-bond donors (Lipinski definition) is 1. The molecule has 20 heavy (non-hydrogen) atoms. The van der Waals surface area contributed by atoms with E-state index in [2.05, 4.69) is 36.5 Å². The first-order chi connectivity index (χ1) is 9.69. The number of para-hydroxylation sites is 1. The van der Waals surface area contributed by atoms with Gasteiger partial charge in [0.05, 0.1) is 19.9 Å². The van der Waals surface area contributed by atoms with Gasteiger partial charge in [-0.2, -0.15) is 5.10 Å². The van der Waals surface area contributed by atoms with E-state index in [1.165, 1.54) is 5.56 Å². The molecule has 0 aliphatic rings. The van der Waals surface area contributed by atoms with E-state index in [1.54, 1.807) is 7.11 Å². The zero-order valence-electron chi connectivity index (χ0n) is 12.5. The van der Waals surface area contributed by atoms with E-state index in [9.17, 15) is 0 Å². The topological polar surface area (TPSA) is 39.1 Å². The molecule has 2 aromatic rings. The molecule has 0 fully saturated rings. The SMILES string of the molecule is COc1ccccc1Cn1cc(CNCC(C)C)cn1. The summed E-state index contributed by atoms with van der Waals surface area (Å²) in [6, 6.07) is 8.04. The van der Waals surface area contributed by atoms with Crippen LogP contribution in [0.2, 0.25) is 0 Å².